The third kappa shape index (κ3) is 3.96. The summed E-state index contributed by atoms with van der Waals surface area (Å²) in [5.74, 6) is -0.273. The summed E-state index contributed by atoms with van der Waals surface area (Å²) >= 11 is 0. The Hall–Kier alpha value is -2.20. The van der Waals surface area contributed by atoms with Crippen LogP contribution in [0, 0.1) is 5.82 Å². The number of amides is 1. The lowest BCUT2D eigenvalue weighted by atomic mass is 10.0. The molecule has 1 atom stereocenters. The Morgan fingerprint density at radius 3 is 2.43 bits per heavy atom. The van der Waals surface area contributed by atoms with Crippen LogP contribution in [0.15, 0.2) is 54.6 Å². The highest BCUT2D eigenvalue weighted by molar-refractivity contribution is 5.77. The highest BCUT2D eigenvalue weighted by Gasteiger charge is 2.33. The molecule has 1 amide bonds. The van der Waals surface area contributed by atoms with Crippen molar-refractivity contribution in [2.75, 3.05) is 0 Å². The first-order valence-corrected chi connectivity index (χ1v) is 7.98. The van der Waals surface area contributed by atoms with E-state index in [9.17, 15) is 9.18 Å². The molecule has 3 rings (SSSR count). The van der Waals surface area contributed by atoms with Crippen LogP contribution in [0.3, 0.4) is 0 Å². The summed E-state index contributed by atoms with van der Waals surface area (Å²) in [4.78, 5) is 14.4. The van der Waals surface area contributed by atoms with Gasteiger partial charge in [-0.1, -0.05) is 48.5 Å². The summed E-state index contributed by atoms with van der Waals surface area (Å²) in [7, 11) is 0. The molecule has 1 saturated carbocycles. The van der Waals surface area contributed by atoms with E-state index in [4.69, 9.17) is 5.73 Å². The summed E-state index contributed by atoms with van der Waals surface area (Å²) in [6.07, 6.45) is 2.22. The van der Waals surface area contributed by atoms with Crippen molar-refractivity contribution in [2.24, 2.45) is 5.73 Å². The predicted molar refractivity (Wildman–Crippen MR) is 88.0 cm³/mol. The first-order chi connectivity index (χ1) is 11.1. The van der Waals surface area contributed by atoms with Crippen molar-refractivity contribution >= 4 is 5.91 Å². The number of nitrogens with two attached hydrogens (primary N) is 1. The molecule has 0 heterocycles. The van der Waals surface area contributed by atoms with E-state index >= 15 is 0 Å². The zero-order valence-electron chi connectivity index (χ0n) is 13.0. The SMILES string of the molecule is NC(CC(=O)N(Cc1ccccc1F)C1CC1)c1ccccc1. The molecule has 1 fully saturated rings. The minimum atomic E-state index is -0.328. The Morgan fingerprint density at radius 1 is 1.13 bits per heavy atom. The standard InChI is InChI=1S/C19H21FN2O/c20-17-9-5-4-8-15(17)13-22(16-10-11-16)19(23)12-18(21)14-6-2-1-3-7-14/h1-9,16,18H,10-13,21H2. The molecule has 2 aromatic carbocycles. The van der Waals surface area contributed by atoms with E-state index in [1.165, 1.54) is 6.07 Å². The number of rotatable bonds is 6. The van der Waals surface area contributed by atoms with Gasteiger partial charge in [0.05, 0.1) is 0 Å². The number of hydrogen-bond donors (Lipinski definition) is 1. The minimum Gasteiger partial charge on any atom is -0.335 e. The Labute approximate surface area is 135 Å². The summed E-state index contributed by atoms with van der Waals surface area (Å²) in [5, 5.41) is 0. The molecule has 1 unspecified atom stereocenters. The highest BCUT2D eigenvalue weighted by atomic mass is 19.1. The van der Waals surface area contributed by atoms with Crippen LogP contribution in [0.4, 0.5) is 4.39 Å². The van der Waals surface area contributed by atoms with Crippen LogP contribution in [-0.4, -0.2) is 16.8 Å². The van der Waals surface area contributed by atoms with E-state index < -0.39 is 0 Å². The molecule has 2 aromatic rings. The zero-order valence-corrected chi connectivity index (χ0v) is 13.0. The van der Waals surface area contributed by atoms with Crippen molar-refractivity contribution in [1.82, 2.24) is 4.90 Å². The lowest BCUT2D eigenvalue weighted by Gasteiger charge is -2.24. The van der Waals surface area contributed by atoms with Gasteiger partial charge >= 0.3 is 0 Å². The molecule has 0 saturated heterocycles. The van der Waals surface area contributed by atoms with E-state index in [0.29, 0.717) is 12.1 Å². The Kier molecular flexibility index (Phi) is 4.72. The smallest absolute Gasteiger partial charge is 0.225 e. The maximum Gasteiger partial charge on any atom is 0.225 e. The first-order valence-electron chi connectivity index (χ1n) is 7.98. The number of carbonyl (C=O) groups is 1. The normalized spacial score (nSPS) is 15.2. The molecular weight excluding hydrogens is 291 g/mol. The number of nitrogens with zero attached hydrogens (tertiary/aromatic N) is 1. The summed E-state index contributed by atoms with van der Waals surface area (Å²) < 4.78 is 13.9. The highest BCUT2D eigenvalue weighted by Crippen LogP contribution is 2.30. The van der Waals surface area contributed by atoms with Gasteiger partial charge < -0.3 is 10.6 Å². The van der Waals surface area contributed by atoms with Gasteiger partial charge in [-0.05, 0) is 24.5 Å². The maximum atomic E-state index is 13.9. The van der Waals surface area contributed by atoms with Gasteiger partial charge in [-0.15, -0.1) is 0 Å². The van der Waals surface area contributed by atoms with Gasteiger partial charge in [0.15, 0.2) is 0 Å². The first kappa shape index (κ1) is 15.7. The fraction of sp³-hybridized carbons (Fsp3) is 0.316. The second-order valence-corrected chi connectivity index (χ2v) is 6.07. The topological polar surface area (TPSA) is 46.3 Å². The Balaban J connectivity index is 1.69. The van der Waals surface area contributed by atoms with Crippen LogP contribution >= 0.6 is 0 Å². The average molecular weight is 312 g/mol. The number of hydrogen-bond acceptors (Lipinski definition) is 2. The van der Waals surface area contributed by atoms with Crippen LogP contribution in [0.25, 0.3) is 0 Å². The molecule has 0 spiro atoms. The molecule has 120 valence electrons. The molecule has 4 heteroatoms. The van der Waals surface area contributed by atoms with Gasteiger partial charge in [0, 0.05) is 30.6 Å². The third-order valence-corrected chi connectivity index (χ3v) is 4.23. The van der Waals surface area contributed by atoms with Gasteiger partial charge in [0.1, 0.15) is 5.82 Å². The van der Waals surface area contributed by atoms with Crippen molar-refractivity contribution in [1.29, 1.82) is 0 Å². The van der Waals surface area contributed by atoms with E-state index in [1.54, 1.807) is 23.1 Å². The lowest BCUT2D eigenvalue weighted by Crippen LogP contribution is -2.35. The molecule has 0 bridgehead atoms. The Morgan fingerprint density at radius 2 is 1.78 bits per heavy atom. The van der Waals surface area contributed by atoms with Gasteiger partial charge in [-0.3, -0.25) is 4.79 Å². The monoisotopic (exact) mass is 312 g/mol. The fourth-order valence-corrected chi connectivity index (χ4v) is 2.74. The van der Waals surface area contributed by atoms with E-state index in [1.807, 2.05) is 30.3 Å². The molecule has 23 heavy (non-hydrogen) atoms. The van der Waals surface area contributed by atoms with Crippen LogP contribution in [-0.2, 0) is 11.3 Å². The quantitative estimate of drug-likeness (QED) is 0.888. The largest absolute Gasteiger partial charge is 0.335 e. The number of carbonyl (C=O) groups excluding carboxylic acids is 1. The fourth-order valence-electron chi connectivity index (χ4n) is 2.74. The van der Waals surface area contributed by atoms with Gasteiger partial charge in [0.25, 0.3) is 0 Å². The van der Waals surface area contributed by atoms with Gasteiger partial charge in [-0.2, -0.15) is 0 Å². The van der Waals surface area contributed by atoms with E-state index in [2.05, 4.69) is 0 Å². The molecule has 1 aliphatic rings. The van der Waals surface area contributed by atoms with Crippen LogP contribution in [0.5, 0.6) is 0 Å². The molecule has 0 aromatic heterocycles. The summed E-state index contributed by atoms with van der Waals surface area (Å²) in [6, 6.07) is 16.1. The number of halogens is 1. The number of benzene rings is 2. The Bertz CT molecular complexity index is 670. The molecular formula is C19H21FN2O. The van der Waals surface area contributed by atoms with Crippen LogP contribution in [0.1, 0.15) is 36.4 Å². The summed E-state index contributed by atoms with van der Waals surface area (Å²) in [6.45, 7) is 0.317. The molecule has 1 aliphatic carbocycles. The summed E-state index contributed by atoms with van der Waals surface area (Å²) in [5.41, 5.74) is 7.66. The second kappa shape index (κ2) is 6.92. The predicted octanol–water partition coefficient (Wildman–Crippen LogP) is 3.41. The zero-order chi connectivity index (χ0) is 16.2. The molecule has 0 radical (unpaired) electrons. The average Bonchev–Trinajstić information content (AvgIpc) is 3.39. The van der Waals surface area contributed by atoms with Gasteiger partial charge in [0.2, 0.25) is 5.91 Å². The lowest BCUT2D eigenvalue weighted by molar-refractivity contribution is -0.132. The van der Waals surface area contributed by atoms with E-state index in [0.717, 1.165) is 18.4 Å². The third-order valence-electron chi connectivity index (χ3n) is 4.23. The van der Waals surface area contributed by atoms with Crippen molar-refractivity contribution in [3.05, 3.63) is 71.5 Å². The maximum absolute atomic E-state index is 13.9. The van der Waals surface area contributed by atoms with Crippen molar-refractivity contribution in [3.8, 4) is 0 Å². The van der Waals surface area contributed by atoms with Crippen molar-refractivity contribution in [2.45, 2.75) is 37.9 Å². The van der Waals surface area contributed by atoms with Gasteiger partial charge in [-0.25, -0.2) is 4.39 Å². The molecule has 3 nitrogen and oxygen atoms in total. The molecule has 0 aliphatic heterocycles. The van der Waals surface area contributed by atoms with Crippen LogP contribution in [0.2, 0.25) is 0 Å². The van der Waals surface area contributed by atoms with Crippen molar-refractivity contribution in [3.63, 3.8) is 0 Å². The van der Waals surface area contributed by atoms with E-state index in [-0.39, 0.29) is 30.2 Å². The molecule has 2 N–H and O–H groups in total. The van der Waals surface area contributed by atoms with Crippen molar-refractivity contribution < 1.29 is 9.18 Å². The second-order valence-electron chi connectivity index (χ2n) is 6.07. The van der Waals surface area contributed by atoms with Crippen LogP contribution < -0.4 is 5.73 Å². The minimum absolute atomic E-state index is 0.00731.